The zero-order valence-electron chi connectivity index (χ0n) is 11.1. The summed E-state index contributed by atoms with van der Waals surface area (Å²) >= 11 is 0. The number of aliphatic hydroxyl groups excluding tert-OH is 1. The first-order valence-corrected chi connectivity index (χ1v) is 6.62. The van der Waals surface area contributed by atoms with Gasteiger partial charge in [-0.05, 0) is 16.7 Å². The average Bonchev–Trinajstić information content (AvgIpc) is 2.97. The summed E-state index contributed by atoms with van der Waals surface area (Å²) in [5.74, 6) is 0. The van der Waals surface area contributed by atoms with Crippen molar-refractivity contribution in [3.8, 4) is 11.1 Å². The van der Waals surface area contributed by atoms with Gasteiger partial charge in [-0.3, -0.25) is 4.68 Å². The van der Waals surface area contributed by atoms with Crippen molar-refractivity contribution in [1.82, 2.24) is 9.78 Å². The Morgan fingerprint density at radius 2 is 1.55 bits per heavy atom. The first-order valence-electron chi connectivity index (χ1n) is 6.62. The van der Waals surface area contributed by atoms with Crippen molar-refractivity contribution in [1.29, 1.82) is 0 Å². The third-order valence-electron chi connectivity index (χ3n) is 3.27. The van der Waals surface area contributed by atoms with Crippen LogP contribution >= 0.6 is 0 Å². The summed E-state index contributed by atoms with van der Waals surface area (Å²) in [6.45, 7) is 0.752. The molecule has 100 valence electrons. The van der Waals surface area contributed by atoms with E-state index in [2.05, 4.69) is 41.5 Å². The summed E-state index contributed by atoms with van der Waals surface area (Å²) in [5, 5.41) is 13.2. The Morgan fingerprint density at radius 3 is 2.20 bits per heavy atom. The SMILES string of the molecule is OCc1cnn(Cc2ccc(-c3ccccc3)cc2)c1. The fourth-order valence-corrected chi connectivity index (χ4v) is 2.19. The van der Waals surface area contributed by atoms with Crippen LogP contribution in [0.5, 0.6) is 0 Å². The Hall–Kier alpha value is -2.39. The lowest BCUT2D eigenvalue weighted by molar-refractivity contribution is 0.281. The molecule has 0 aliphatic rings. The van der Waals surface area contributed by atoms with E-state index in [1.807, 2.05) is 29.1 Å². The molecular formula is C17H16N2O. The normalized spacial score (nSPS) is 10.7. The zero-order chi connectivity index (χ0) is 13.8. The topological polar surface area (TPSA) is 38.1 Å². The standard InChI is InChI=1S/C17H16N2O/c20-13-15-10-18-19(12-15)11-14-6-8-17(9-7-14)16-4-2-1-3-5-16/h1-10,12,20H,11,13H2. The van der Waals surface area contributed by atoms with Gasteiger partial charge in [-0.15, -0.1) is 0 Å². The maximum atomic E-state index is 9.03. The summed E-state index contributed by atoms with van der Waals surface area (Å²) in [7, 11) is 0. The summed E-state index contributed by atoms with van der Waals surface area (Å²) in [5.41, 5.74) is 4.47. The number of aliphatic hydroxyl groups is 1. The molecule has 3 aromatic rings. The molecule has 2 aromatic carbocycles. The van der Waals surface area contributed by atoms with E-state index in [0.717, 1.165) is 12.1 Å². The van der Waals surface area contributed by atoms with E-state index in [4.69, 9.17) is 5.11 Å². The Balaban J connectivity index is 1.76. The molecular weight excluding hydrogens is 248 g/mol. The molecule has 20 heavy (non-hydrogen) atoms. The Morgan fingerprint density at radius 1 is 0.850 bits per heavy atom. The van der Waals surface area contributed by atoms with E-state index in [1.54, 1.807) is 6.20 Å². The monoisotopic (exact) mass is 264 g/mol. The molecule has 1 aromatic heterocycles. The highest BCUT2D eigenvalue weighted by Gasteiger charge is 2.00. The van der Waals surface area contributed by atoms with Gasteiger partial charge in [0.25, 0.3) is 0 Å². The van der Waals surface area contributed by atoms with Crippen molar-refractivity contribution in [2.75, 3.05) is 0 Å². The molecule has 0 radical (unpaired) electrons. The van der Waals surface area contributed by atoms with Gasteiger partial charge in [0.1, 0.15) is 0 Å². The Kier molecular flexibility index (Phi) is 3.61. The van der Waals surface area contributed by atoms with Gasteiger partial charge < -0.3 is 5.11 Å². The van der Waals surface area contributed by atoms with Crippen molar-refractivity contribution in [3.63, 3.8) is 0 Å². The fourth-order valence-electron chi connectivity index (χ4n) is 2.19. The third kappa shape index (κ3) is 2.78. The second kappa shape index (κ2) is 5.72. The Labute approximate surface area is 118 Å². The molecule has 0 saturated heterocycles. The quantitative estimate of drug-likeness (QED) is 0.786. The maximum Gasteiger partial charge on any atom is 0.0712 e. The molecule has 0 aliphatic carbocycles. The van der Waals surface area contributed by atoms with E-state index < -0.39 is 0 Å². The number of benzene rings is 2. The first-order chi connectivity index (χ1) is 9.85. The minimum atomic E-state index is 0.0347. The third-order valence-corrected chi connectivity index (χ3v) is 3.27. The van der Waals surface area contributed by atoms with Gasteiger partial charge in [0.15, 0.2) is 0 Å². The maximum absolute atomic E-state index is 9.03. The predicted molar refractivity (Wildman–Crippen MR) is 79.1 cm³/mol. The highest BCUT2D eigenvalue weighted by molar-refractivity contribution is 5.63. The predicted octanol–water partition coefficient (Wildman–Crippen LogP) is 3.09. The van der Waals surface area contributed by atoms with Crippen molar-refractivity contribution in [2.45, 2.75) is 13.2 Å². The molecule has 1 heterocycles. The first kappa shape index (κ1) is 12.6. The van der Waals surface area contributed by atoms with Crippen LogP contribution < -0.4 is 0 Å². The van der Waals surface area contributed by atoms with E-state index >= 15 is 0 Å². The van der Waals surface area contributed by atoms with Crippen LogP contribution in [0.25, 0.3) is 11.1 Å². The minimum Gasteiger partial charge on any atom is -0.392 e. The van der Waals surface area contributed by atoms with Gasteiger partial charge in [-0.1, -0.05) is 54.6 Å². The van der Waals surface area contributed by atoms with Crippen LogP contribution in [0.15, 0.2) is 67.0 Å². The number of rotatable bonds is 4. The number of nitrogens with zero attached hydrogens (tertiary/aromatic N) is 2. The van der Waals surface area contributed by atoms with Crippen molar-refractivity contribution < 1.29 is 5.11 Å². The smallest absolute Gasteiger partial charge is 0.0712 e. The minimum absolute atomic E-state index is 0.0347. The largest absolute Gasteiger partial charge is 0.392 e. The second-order valence-corrected chi connectivity index (χ2v) is 4.77. The van der Waals surface area contributed by atoms with Crippen LogP contribution in [0.2, 0.25) is 0 Å². The summed E-state index contributed by atoms with van der Waals surface area (Å²) in [6.07, 6.45) is 3.56. The number of hydrogen-bond acceptors (Lipinski definition) is 2. The molecule has 0 aliphatic heterocycles. The molecule has 0 atom stereocenters. The van der Waals surface area contributed by atoms with E-state index in [1.165, 1.54) is 16.7 Å². The molecule has 3 rings (SSSR count). The Bertz CT molecular complexity index is 672. The van der Waals surface area contributed by atoms with Crippen LogP contribution in [0.3, 0.4) is 0 Å². The van der Waals surface area contributed by atoms with Crippen LogP contribution in [-0.2, 0) is 13.2 Å². The molecule has 1 N–H and O–H groups in total. The van der Waals surface area contributed by atoms with E-state index in [-0.39, 0.29) is 6.61 Å². The van der Waals surface area contributed by atoms with Crippen molar-refractivity contribution in [3.05, 3.63) is 78.1 Å². The second-order valence-electron chi connectivity index (χ2n) is 4.77. The lowest BCUT2D eigenvalue weighted by atomic mass is 10.0. The molecule has 0 amide bonds. The molecule has 0 spiro atoms. The van der Waals surface area contributed by atoms with Gasteiger partial charge in [-0.25, -0.2) is 0 Å². The van der Waals surface area contributed by atoms with Gasteiger partial charge in [0.05, 0.1) is 19.3 Å². The fraction of sp³-hybridized carbons (Fsp3) is 0.118. The molecule has 3 heteroatoms. The highest BCUT2D eigenvalue weighted by atomic mass is 16.3. The van der Waals surface area contributed by atoms with Gasteiger partial charge in [0, 0.05) is 11.8 Å². The lowest BCUT2D eigenvalue weighted by Crippen LogP contribution is -1.99. The van der Waals surface area contributed by atoms with E-state index in [0.29, 0.717) is 0 Å². The zero-order valence-corrected chi connectivity index (χ0v) is 11.1. The average molecular weight is 264 g/mol. The van der Waals surface area contributed by atoms with Crippen LogP contribution in [0, 0.1) is 0 Å². The summed E-state index contributed by atoms with van der Waals surface area (Å²) < 4.78 is 1.84. The molecule has 3 nitrogen and oxygen atoms in total. The molecule has 0 unspecified atom stereocenters. The summed E-state index contributed by atoms with van der Waals surface area (Å²) in [6, 6.07) is 18.8. The van der Waals surface area contributed by atoms with Crippen molar-refractivity contribution in [2.24, 2.45) is 0 Å². The van der Waals surface area contributed by atoms with Gasteiger partial charge >= 0.3 is 0 Å². The van der Waals surface area contributed by atoms with E-state index in [9.17, 15) is 0 Å². The van der Waals surface area contributed by atoms with Crippen molar-refractivity contribution >= 4 is 0 Å². The highest BCUT2D eigenvalue weighted by Crippen LogP contribution is 2.19. The van der Waals surface area contributed by atoms with Gasteiger partial charge in [0.2, 0.25) is 0 Å². The van der Waals surface area contributed by atoms with Crippen LogP contribution in [0.1, 0.15) is 11.1 Å². The van der Waals surface area contributed by atoms with Crippen LogP contribution in [0.4, 0.5) is 0 Å². The number of hydrogen-bond donors (Lipinski definition) is 1. The van der Waals surface area contributed by atoms with Gasteiger partial charge in [-0.2, -0.15) is 5.10 Å². The molecule has 0 saturated carbocycles. The van der Waals surface area contributed by atoms with Crippen LogP contribution in [-0.4, -0.2) is 14.9 Å². The molecule has 0 bridgehead atoms. The number of aromatic nitrogens is 2. The lowest BCUT2D eigenvalue weighted by Gasteiger charge is -2.05. The molecule has 0 fully saturated rings. The summed E-state index contributed by atoms with van der Waals surface area (Å²) in [4.78, 5) is 0.